The fraction of sp³-hybridized carbons (Fsp3) is 0. The van der Waals surface area contributed by atoms with Gasteiger partial charge < -0.3 is 4.57 Å². The van der Waals surface area contributed by atoms with Crippen LogP contribution in [0.1, 0.15) is 0 Å². The Kier molecular flexibility index (Phi) is 3.94. The van der Waals surface area contributed by atoms with Crippen molar-refractivity contribution in [3.8, 4) is 5.69 Å². The zero-order valence-electron chi connectivity index (χ0n) is 22.7. The molecule has 4 nitrogen and oxygen atoms in total. The maximum Gasteiger partial charge on any atom is 0.165 e. The van der Waals surface area contributed by atoms with E-state index >= 15 is 0 Å². The van der Waals surface area contributed by atoms with Crippen molar-refractivity contribution in [2.24, 2.45) is 0 Å². The molecule has 0 N–H and O–H groups in total. The molecule has 43 heavy (non-hydrogen) atoms. The Morgan fingerprint density at radius 1 is 0.465 bits per heavy atom. The van der Waals surface area contributed by atoms with E-state index in [0.717, 1.165) is 38.8 Å². The van der Waals surface area contributed by atoms with Gasteiger partial charge in [0.25, 0.3) is 0 Å². The summed E-state index contributed by atoms with van der Waals surface area (Å²) in [6, 6.07) is 43.9. The molecule has 5 heteroatoms. The Bertz CT molecular complexity index is 2960. The van der Waals surface area contributed by atoms with Gasteiger partial charge in [-0.1, -0.05) is 66.7 Å². The molecular formula is C38H20N4S. The zero-order valence-corrected chi connectivity index (χ0v) is 23.6. The number of nitrogens with zero attached hydrogens (tertiary/aromatic N) is 4. The van der Waals surface area contributed by atoms with Gasteiger partial charge >= 0.3 is 0 Å². The molecule has 6 aromatic carbocycles. The second-order valence-electron chi connectivity index (χ2n) is 11.4. The predicted molar refractivity (Wildman–Crippen MR) is 181 cm³/mol. The topological polar surface area (TPSA) is 35.1 Å². The molecular weight excluding hydrogens is 545 g/mol. The van der Waals surface area contributed by atoms with Crippen molar-refractivity contribution in [3.05, 3.63) is 121 Å². The highest BCUT2D eigenvalue weighted by Gasteiger charge is 2.21. The van der Waals surface area contributed by atoms with Gasteiger partial charge in [0.05, 0.1) is 33.1 Å². The van der Waals surface area contributed by atoms with Crippen LogP contribution in [0.15, 0.2) is 121 Å². The SMILES string of the molecule is c1ccc2nc3c(nc2c1)c1cccc2c4cc(-n5c6ccccc6c6cc7c(cc65)sc5ccccc57)ccc4n3c21. The molecule has 0 bridgehead atoms. The first-order valence-electron chi connectivity index (χ1n) is 14.5. The van der Waals surface area contributed by atoms with E-state index in [0.29, 0.717) is 0 Å². The minimum Gasteiger partial charge on any atom is -0.309 e. The first-order chi connectivity index (χ1) is 21.3. The summed E-state index contributed by atoms with van der Waals surface area (Å²) in [5, 5.41) is 8.82. The standard InChI is InChI=1S/C38H20N4S/c1-5-14-31-22(8-1)27-19-28-23-9-2-6-15-34(23)43-35(28)20-33(27)41(31)21-16-17-32-26(18-21)24-10-7-11-25-36-38(42(32)37(24)25)40-30-13-4-3-12-29(30)39-36/h1-20H. The van der Waals surface area contributed by atoms with Gasteiger partial charge in [-0.2, -0.15) is 0 Å². The first-order valence-corrected chi connectivity index (χ1v) is 15.3. The lowest BCUT2D eigenvalue weighted by Crippen LogP contribution is -1.94. The van der Waals surface area contributed by atoms with Gasteiger partial charge in [0.1, 0.15) is 5.52 Å². The maximum atomic E-state index is 5.12. The molecule has 198 valence electrons. The van der Waals surface area contributed by atoms with Crippen LogP contribution >= 0.6 is 11.3 Å². The Balaban J connectivity index is 1.25. The largest absolute Gasteiger partial charge is 0.309 e. The molecule has 5 aromatic heterocycles. The zero-order chi connectivity index (χ0) is 27.8. The van der Waals surface area contributed by atoms with Crippen molar-refractivity contribution in [1.29, 1.82) is 0 Å². The Labute approximate surface area is 248 Å². The Morgan fingerprint density at radius 2 is 1.21 bits per heavy atom. The van der Waals surface area contributed by atoms with Crippen LogP contribution in [0.25, 0.3) is 97.1 Å². The van der Waals surface area contributed by atoms with Crippen molar-refractivity contribution < 1.29 is 0 Å². The minimum atomic E-state index is 0.914. The second-order valence-corrected chi connectivity index (χ2v) is 12.5. The summed E-state index contributed by atoms with van der Waals surface area (Å²) in [6.45, 7) is 0. The smallest absolute Gasteiger partial charge is 0.165 e. The number of fused-ring (bicyclic) bond motifs is 13. The number of hydrogen-bond acceptors (Lipinski definition) is 3. The third-order valence-corrected chi connectivity index (χ3v) is 10.4. The molecule has 0 atom stereocenters. The molecule has 0 aliphatic heterocycles. The lowest BCUT2D eigenvalue weighted by Gasteiger charge is -2.09. The lowest BCUT2D eigenvalue weighted by molar-refractivity contribution is 1.19. The van der Waals surface area contributed by atoms with Crippen molar-refractivity contribution >= 4 is 103 Å². The molecule has 5 heterocycles. The van der Waals surface area contributed by atoms with Crippen LogP contribution in [0.4, 0.5) is 0 Å². The average molecular weight is 565 g/mol. The summed E-state index contributed by atoms with van der Waals surface area (Å²) < 4.78 is 7.40. The summed E-state index contributed by atoms with van der Waals surface area (Å²) >= 11 is 1.87. The van der Waals surface area contributed by atoms with Crippen molar-refractivity contribution in [1.82, 2.24) is 18.9 Å². The van der Waals surface area contributed by atoms with Gasteiger partial charge in [0, 0.05) is 52.8 Å². The highest BCUT2D eigenvalue weighted by Crippen LogP contribution is 2.42. The van der Waals surface area contributed by atoms with Gasteiger partial charge in [0.2, 0.25) is 0 Å². The highest BCUT2D eigenvalue weighted by molar-refractivity contribution is 7.25. The van der Waals surface area contributed by atoms with Crippen LogP contribution in [0.2, 0.25) is 0 Å². The van der Waals surface area contributed by atoms with Crippen molar-refractivity contribution in [2.75, 3.05) is 0 Å². The number of aromatic nitrogens is 4. The molecule has 0 saturated heterocycles. The molecule has 11 aromatic rings. The van der Waals surface area contributed by atoms with Crippen LogP contribution in [-0.4, -0.2) is 18.9 Å². The van der Waals surface area contributed by atoms with Crippen molar-refractivity contribution in [3.63, 3.8) is 0 Å². The maximum absolute atomic E-state index is 5.12. The van der Waals surface area contributed by atoms with E-state index in [2.05, 4.69) is 106 Å². The summed E-state index contributed by atoms with van der Waals surface area (Å²) in [4.78, 5) is 10.2. The molecule has 0 fully saturated rings. The van der Waals surface area contributed by atoms with Crippen LogP contribution in [0, 0.1) is 0 Å². The molecule has 0 aliphatic rings. The number of thiophene rings is 1. The Morgan fingerprint density at radius 3 is 2.14 bits per heavy atom. The molecule has 0 unspecified atom stereocenters. The highest BCUT2D eigenvalue weighted by atomic mass is 32.1. The van der Waals surface area contributed by atoms with Crippen LogP contribution in [0.3, 0.4) is 0 Å². The monoisotopic (exact) mass is 564 g/mol. The number of rotatable bonds is 1. The third kappa shape index (κ3) is 2.71. The van der Waals surface area contributed by atoms with Gasteiger partial charge in [0.15, 0.2) is 5.65 Å². The molecule has 0 saturated carbocycles. The van der Waals surface area contributed by atoms with E-state index in [4.69, 9.17) is 9.97 Å². The molecule has 0 radical (unpaired) electrons. The summed E-state index contributed by atoms with van der Waals surface area (Å²) in [5.41, 5.74) is 9.67. The fourth-order valence-corrected chi connectivity index (χ4v) is 8.52. The number of benzene rings is 6. The Hall–Kier alpha value is -5.52. The normalized spacial score (nSPS) is 12.7. The quantitative estimate of drug-likeness (QED) is 0.199. The van der Waals surface area contributed by atoms with Crippen LogP contribution in [0.5, 0.6) is 0 Å². The average Bonchev–Trinajstić information content (AvgIpc) is 3.77. The molecule has 0 aliphatic carbocycles. The molecule has 0 amide bonds. The van der Waals surface area contributed by atoms with Crippen LogP contribution < -0.4 is 0 Å². The first kappa shape index (κ1) is 22.1. The van der Waals surface area contributed by atoms with E-state index in [1.807, 2.05) is 35.6 Å². The second kappa shape index (κ2) is 7.65. The summed E-state index contributed by atoms with van der Waals surface area (Å²) in [6.07, 6.45) is 0. The van der Waals surface area contributed by atoms with E-state index in [9.17, 15) is 0 Å². The van der Waals surface area contributed by atoms with E-state index < -0.39 is 0 Å². The van der Waals surface area contributed by atoms with Gasteiger partial charge in [-0.15, -0.1) is 11.3 Å². The molecule has 11 rings (SSSR count). The fourth-order valence-electron chi connectivity index (χ4n) is 7.40. The number of para-hydroxylation sites is 4. The van der Waals surface area contributed by atoms with E-state index in [-0.39, 0.29) is 0 Å². The van der Waals surface area contributed by atoms with E-state index in [1.54, 1.807) is 0 Å². The summed E-state index contributed by atoms with van der Waals surface area (Å²) in [7, 11) is 0. The predicted octanol–water partition coefficient (Wildman–Crippen LogP) is 10.2. The number of hydrogen-bond donors (Lipinski definition) is 0. The van der Waals surface area contributed by atoms with Crippen molar-refractivity contribution in [2.45, 2.75) is 0 Å². The molecule has 0 spiro atoms. The lowest BCUT2D eigenvalue weighted by atomic mass is 10.1. The minimum absolute atomic E-state index is 0.914. The summed E-state index contributed by atoms with van der Waals surface area (Å²) in [5.74, 6) is 0. The van der Waals surface area contributed by atoms with E-state index in [1.165, 1.54) is 58.3 Å². The van der Waals surface area contributed by atoms with Gasteiger partial charge in [-0.25, -0.2) is 9.97 Å². The van der Waals surface area contributed by atoms with Gasteiger partial charge in [-0.05, 0) is 54.6 Å². The third-order valence-electron chi connectivity index (χ3n) is 9.22. The van der Waals surface area contributed by atoms with Crippen LogP contribution in [-0.2, 0) is 0 Å². The van der Waals surface area contributed by atoms with Gasteiger partial charge in [-0.3, -0.25) is 4.40 Å².